The molecule has 1 heterocycles. The van der Waals surface area contributed by atoms with Crippen molar-refractivity contribution in [3.8, 4) is 0 Å². The maximum atomic E-state index is 14.1. The molecule has 0 atom stereocenters. The van der Waals surface area contributed by atoms with Gasteiger partial charge in [0, 0.05) is 20.2 Å². The van der Waals surface area contributed by atoms with E-state index in [2.05, 4.69) is 4.98 Å². The first kappa shape index (κ1) is 20.3. The molecule has 1 aromatic heterocycles. The molecule has 0 aliphatic heterocycles. The minimum Gasteiger partial charge on any atom is -0.383 e. The van der Waals surface area contributed by atoms with Crippen molar-refractivity contribution in [3.05, 3.63) is 56.2 Å². The van der Waals surface area contributed by atoms with E-state index in [1.165, 1.54) is 7.11 Å². The summed E-state index contributed by atoms with van der Waals surface area (Å²) in [7, 11) is 1.37. The third-order valence-corrected chi connectivity index (χ3v) is 3.85. The molecule has 0 fully saturated rings. The van der Waals surface area contributed by atoms with Crippen molar-refractivity contribution < 1.29 is 18.3 Å². The van der Waals surface area contributed by atoms with Gasteiger partial charge in [-0.15, -0.1) is 0 Å². The maximum absolute atomic E-state index is 14.1. The summed E-state index contributed by atoms with van der Waals surface area (Å²) in [5, 5.41) is 0. The number of carbonyl (C=O) groups is 1. The summed E-state index contributed by atoms with van der Waals surface area (Å²) in [5.41, 5.74) is 3.44. The average molecular weight is 382 g/mol. The molecular weight excluding hydrogens is 362 g/mol. The largest absolute Gasteiger partial charge is 0.383 e. The number of carbonyl (C=O) groups excluding carboxylic acids is 1. The summed E-state index contributed by atoms with van der Waals surface area (Å²) in [6.45, 7) is 1.83. The lowest BCUT2D eigenvalue weighted by Crippen LogP contribution is -2.42. The monoisotopic (exact) mass is 382 g/mol. The second-order valence-corrected chi connectivity index (χ2v) is 5.72. The molecule has 10 heteroatoms. The van der Waals surface area contributed by atoms with Crippen LogP contribution in [0.3, 0.4) is 0 Å². The third-order valence-electron chi connectivity index (χ3n) is 3.85. The summed E-state index contributed by atoms with van der Waals surface area (Å²) in [5.74, 6) is -3.00. The Balaban J connectivity index is 2.65. The Morgan fingerprint density at radius 3 is 2.67 bits per heavy atom. The van der Waals surface area contributed by atoms with E-state index in [0.29, 0.717) is 6.42 Å². The first-order chi connectivity index (χ1) is 12.8. The SMILES string of the molecule is CCCn1c(N)c(N(CCOC)C(=O)c2cc(F)ccc2F)c(=O)[nH]c1=O. The highest BCUT2D eigenvalue weighted by atomic mass is 19.1. The van der Waals surface area contributed by atoms with Crippen LogP contribution in [0, 0.1) is 11.6 Å². The third kappa shape index (κ3) is 4.22. The molecule has 0 spiro atoms. The fourth-order valence-corrected chi connectivity index (χ4v) is 2.59. The zero-order chi connectivity index (χ0) is 20.1. The van der Waals surface area contributed by atoms with Crippen molar-refractivity contribution in [1.82, 2.24) is 9.55 Å². The number of aromatic nitrogens is 2. The van der Waals surface area contributed by atoms with Crippen LogP contribution in [0.25, 0.3) is 0 Å². The van der Waals surface area contributed by atoms with Gasteiger partial charge < -0.3 is 10.5 Å². The van der Waals surface area contributed by atoms with Gasteiger partial charge in [0.15, 0.2) is 5.69 Å². The lowest BCUT2D eigenvalue weighted by molar-refractivity contribution is 0.0971. The summed E-state index contributed by atoms with van der Waals surface area (Å²) >= 11 is 0. The molecule has 0 bridgehead atoms. The minimum absolute atomic E-state index is 0.00550. The number of amides is 1. The van der Waals surface area contributed by atoms with E-state index in [9.17, 15) is 23.2 Å². The molecule has 146 valence electrons. The van der Waals surface area contributed by atoms with Crippen molar-refractivity contribution in [2.24, 2.45) is 0 Å². The van der Waals surface area contributed by atoms with E-state index in [-0.39, 0.29) is 31.2 Å². The molecule has 0 unspecified atom stereocenters. The van der Waals surface area contributed by atoms with E-state index in [4.69, 9.17) is 10.5 Å². The lowest BCUT2D eigenvalue weighted by atomic mass is 10.1. The summed E-state index contributed by atoms with van der Waals surface area (Å²) in [6.07, 6.45) is 0.542. The van der Waals surface area contributed by atoms with Gasteiger partial charge in [-0.25, -0.2) is 13.6 Å². The molecule has 0 radical (unpaired) electrons. The number of aromatic amines is 1. The molecular formula is C17H20F2N4O4. The van der Waals surface area contributed by atoms with Crippen LogP contribution < -0.4 is 21.9 Å². The van der Waals surface area contributed by atoms with E-state index in [0.717, 1.165) is 27.7 Å². The van der Waals surface area contributed by atoms with Gasteiger partial charge in [-0.3, -0.25) is 24.0 Å². The highest BCUT2D eigenvalue weighted by Gasteiger charge is 2.27. The predicted octanol–water partition coefficient (Wildman–Crippen LogP) is 1.10. The van der Waals surface area contributed by atoms with Crippen molar-refractivity contribution in [3.63, 3.8) is 0 Å². The Morgan fingerprint density at radius 1 is 1.33 bits per heavy atom. The molecule has 27 heavy (non-hydrogen) atoms. The van der Waals surface area contributed by atoms with Crippen LogP contribution in [0.5, 0.6) is 0 Å². The minimum atomic E-state index is -0.983. The van der Waals surface area contributed by atoms with Gasteiger partial charge in [-0.1, -0.05) is 6.92 Å². The van der Waals surface area contributed by atoms with Gasteiger partial charge in [0.05, 0.1) is 12.2 Å². The first-order valence-electron chi connectivity index (χ1n) is 8.20. The molecule has 0 saturated carbocycles. The molecule has 3 N–H and O–H groups in total. The smallest absolute Gasteiger partial charge is 0.330 e. The van der Waals surface area contributed by atoms with Crippen LogP contribution in [0.1, 0.15) is 23.7 Å². The van der Waals surface area contributed by atoms with E-state index in [1.807, 2.05) is 0 Å². The number of methoxy groups -OCH3 is 1. The van der Waals surface area contributed by atoms with E-state index in [1.54, 1.807) is 6.92 Å². The highest BCUT2D eigenvalue weighted by Crippen LogP contribution is 2.21. The maximum Gasteiger partial charge on any atom is 0.330 e. The van der Waals surface area contributed by atoms with Crippen molar-refractivity contribution >= 4 is 17.4 Å². The Kier molecular flexibility index (Phi) is 6.45. The molecule has 0 saturated heterocycles. The second kappa shape index (κ2) is 8.58. The zero-order valence-electron chi connectivity index (χ0n) is 14.9. The number of rotatable bonds is 7. The first-order valence-corrected chi connectivity index (χ1v) is 8.20. The Hall–Kier alpha value is -3.01. The Morgan fingerprint density at radius 2 is 2.04 bits per heavy atom. The van der Waals surface area contributed by atoms with Crippen molar-refractivity contribution in [1.29, 1.82) is 0 Å². The van der Waals surface area contributed by atoms with Gasteiger partial charge >= 0.3 is 5.69 Å². The second-order valence-electron chi connectivity index (χ2n) is 5.72. The molecule has 1 amide bonds. The molecule has 0 aliphatic rings. The topological polar surface area (TPSA) is 110 Å². The standard InChI is InChI=1S/C17H20F2N4O4/c1-3-6-23-14(20)13(15(24)21-17(23)26)22(7-8-27-2)16(25)11-9-10(18)4-5-12(11)19/h4-5,9H,3,6-8,20H2,1-2H3,(H,21,24,26). The number of nitrogens with zero attached hydrogens (tertiary/aromatic N) is 2. The number of benzene rings is 1. The van der Waals surface area contributed by atoms with Crippen LogP contribution in [-0.4, -0.2) is 35.7 Å². The molecule has 2 rings (SSSR count). The van der Waals surface area contributed by atoms with Gasteiger partial charge in [0.25, 0.3) is 11.5 Å². The van der Waals surface area contributed by atoms with E-state index >= 15 is 0 Å². The van der Waals surface area contributed by atoms with Crippen molar-refractivity contribution in [2.45, 2.75) is 19.9 Å². The van der Waals surface area contributed by atoms with E-state index < -0.39 is 34.4 Å². The molecule has 1 aromatic carbocycles. The number of nitrogens with one attached hydrogen (secondary N) is 1. The number of hydrogen-bond donors (Lipinski definition) is 2. The van der Waals surface area contributed by atoms with Crippen LogP contribution in [0.2, 0.25) is 0 Å². The summed E-state index contributed by atoms with van der Waals surface area (Å²) in [6, 6.07) is 2.40. The number of ether oxygens (including phenoxy) is 1. The van der Waals surface area contributed by atoms with Crippen LogP contribution in [0.15, 0.2) is 27.8 Å². The number of halogens is 2. The summed E-state index contributed by atoms with van der Waals surface area (Å²) in [4.78, 5) is 40.1. The number of nitrogens with two attached hydrogens (primary N) is 1. The molecule has 2 aromatic rings. The fourth-order valence-electron chi connectivity index (χ4n) is 2.59. The zero-order valence-corrected chi connectivity index (χ0v) is 14.9. The molecule has 0 aliphatic carbocycles. The van der Waals surface area contributed by atoms with Gasteiger partial charge in [0.1, 0.15) is 17.5 Å². The predicted molar refractivity (Wildman–Crippen MR) is 95.9 cm³/mol. The number of hydrogen-bond acceptors (Lipinski definition) is 5. The Bertz CT molecular complexity index is 955. The average Bonchev–Trinajstić information content (AvgIpc) is 2.62. The number of H-pyrrole nitrogens is 1. The van der Waals surface area contributed by atoms with Crippen molar-refractivity contribution in [2.75, 3.05) is 30.9 Å². The van der Waals surface area contributed by atoms with Crippen LogP contribution in [-0.2, 0) is 11.3 Å². The fraction of sp³-hybridized carbons (Fsp3) is 0.353. The van der Waals surface area contributed by atoms with Crippen LogP contribution in [0.4, 0.5) is 20.3 Å². The van der Waals surface area contributed by atoms with Gasteiger partial charge in [0.2, 0.25) is 0 Å². The van der Waals surface area contributed by atoms with Gasteiger partial charge in [-0.2, -0.15) is 0 Å². The van der Waals surface area contributed by atoms with Gasteiger partial charge in [-0.05, 0) is 24.6 Å². The quantitative estimate of drug-likeness (QED) is 0.745. The normalized spacial score (nSPS) is 10.8. The summed E-state index contributed by atoms with van der Waals surface area (Å²) < 4.78 is 33.6. The number of anilines is 2. The Labute approximate surface area is 153 Å². The molecule has 8 nitrogen and oxygen atoms in total. The highest BCUT2D eigenvalue weighted by molar-refractivity contribution is 6.07. The lowest BCUT2D eigenvalue weighted by Gasteiger charge is -2.24. The number of nitrogen functional groups attached to an aromatic ring is 1. The van der Waals surface area contributed by atoms with Crippen LogP contribution >= 0.6 is 0 Å².